The molecule has 0 radical (unpaired) electrons. The fraction of sp³-hybridized carbons (Fsp3) is 0.739. The van der Waals surface area contributed by atoms with E-state index in [1.807, 2.05) is 6.07 Å². The second-order valence-corrected chi connectivity index (χ2v) is 9.71. The van der Waals surface area contributed by atoms with Crippen molar-refractivity contribution in [1.29, 1.82) is 0 Å². The summed E-state index contributed by atoms with van der Waals surface area (Å²) in [6, 6.07) is 4.32. The van der Waals surface area contributed by atoms with Crippen LogP contribution in [0.2, 0.25) is 0 Å². The number of phenolic OH excluding ortho intramolecular Hbond substituents is 1. The van der Waals surface area contributed by atoms with Gasteiger partial charge in [-0.15, -0.1) is 0 Å². The summed E-state index contributed by atoms with van der Waals surface area (Å²) in [7, 11) is 4.16. The molecule has 0 aromatic heterocycles. The SMILES string of the molecule is CN(C)CCNCc1cc2c(cc1O)CC[C@@H]1[C@@H]2CC[C@]2(C)[C@@H](O)CC[C@@H]12. The predicted molar refractivity (Wildman–Crippen MR) is 109 cm³/mol. The minimum atomic E-state index is -0.110. The Labute approximate surface area is 164 Å². The van der Waals surface area contributed by atoms with E-state index in [1.54, 1.807) is 0 Å². The van der Waals surface area contributed by atoms with Gasteiger partial charge in [0, 0.05) is 25.2 Å². The lowest BCUT2D eigenvalue weighted by molar-refractivity contribution is -0.0226. The molecule has 27 heavy (non-hydrogen) atoms. The number of likely N-dealkylation sites (N-methyl/N-ethyl adjacent to an activating group) is 1. The van der Waals surface area contributed by atoms with Crippen LogP contribution in [0.1, 0.15) is 61.6 Å². The third kappa shape index (κ3) is 3.41. The van der Waals surface area contributed by atoms with Gasteiger partial charge in [-0.3, -0.25) is 0 Å². The number of aliphatic hydroxyl groups excluding tert-OH is 1. The quantitative estimate of drug-likeness (QED) is 0.695. The van der Waals surface area contributed by atoms with E-state index in [1.165, 1.54) is 30.4 Å². The molecule has 0 saturated heterocycles. The molecule has 3 N–H and O–H groups in total. The summed E-state index contributed by atoms with van der Waals surface area (Å²) < 4.78 is 0. The highest BCUT2D eigenvalue weighted by molar-refractivity contribution is 5.45. The topological polar surface area (TPSA) is 55.7 Å². The first-order valence-electron chi connectivity index (χ1n) is 10.8. The third-order valence-corrected chi connectivity index (χ3v) is 7.93. The molecule has 0 bridgehead atoms. The number of benzene rings is 1. The second kappa shape index (κ2) is 7.38. The Kier molecular flexibility index (Phi) is 5.26. The zero-order valence-electron chi connectivity index (χ0n) is 17.2. The van der Waals surface area contributed by atoms with Crippen molar-refractivity contribution in [2.24, 2.45) is 17.3 Å². The van der Waals surface area contributed by atoms with Crippen molar-refractivity contribution in [3.8, 4) is 5.75 Å². The van der Waals surface area contributed by atoms with Crippen LogP contribution in [0.5, 0.6) is 5.75 Å². The van der Waals surface area contributed by atoms with Crippen LogP contribution >= 0.6 is 0 Å². The Hall–Kier alpha value is -1.10. The zero-order chi connectivity index (χ0) is 19.2. The maximum absolute atomic E-state index is 10.6. The lowest BCUT2D eigenvalue weighted by Crippen LogP contribution is -2.44. The van der Waals surface area contributed by atoms with Gasteiger partial charge in [-0.25, -0.2) is 0 Å². The van der Waals surface area contributed by atoms with Crippen molar-refractivity contribution in [1.82, 2.24) is 10.2 Å². The van der Waals surface area contributed by atoms with Gasteiger partial charge in [-0.05, 0) is 93.0 Å². The van der Waals surface area contributed by atoms with E-state index in [0.29, 0.717) is 23.5 Å². The van der Waals surface area contributed by atoms with Crippen molar-refractivity contribution < 1.29 is 10.2 Å². The van der Waals surface area contributed by atoms with Crippen molar-refractivity contribution in [2.45, 2.75) is 64.0 Å². The molecule has 2 fully saturated rings. The fourth-order valence-corrected chi connectivity index (χ4v) is 6.30. The third-order valence-electron chi connectivity index (χ3n) is 7.93. The molecule has 0 spiro atoms. The van der Waals surface area contributed by atoms with E-state index < -0.39 is 0 Å². The number of nitrogens with zero attached hydrogens (tertiary/aromatic N) is 1. The first-order valence-corrected chi connectivity index (χ1v) is 10.8. The molecule has 4 nitrogen and oxygen atoms in total. The normalized spacial score (nSPS) is 35.0. The second-order valence-electron chi connectivity index (χ2n) is 9.71. The van der Waals surface area contributed by atoms with Gasteiger partial charge in [0.05, 0.1) is 6.10 Å². The van der Waals surface area contributed by atoms with Crippen LogP contribution in [0.15, 0.2) is 12.1 Å². The Morgan fingerprint density at radius 3 is 2.78 bits per heavy atom. The summed E-state index contributed by atoms with van der Waals surface area (Å²) in [4.78, 5) is 2.17. The van der Waals surface area contributed by atoms with Crippen LogP contribution in [-0.4, -0.2) is 48.4 Å². The summed E-state index contributed by atoms with van der Waals surface area (Å²) in [5, 5.41) is 24.5. The summed E-state index contributed by atoms with van der Waals surface area (Å²) >= 11 is 0. The van der Waals surface area contributed by atoms with Gasteiger partial charge < -0.3 is 20.4 Å². The largest absolute Gasteiger partial charge is 0.508 e. The molecule has 1 aromatic carbocycles. The molecule has 0 aliphatic heterocycles. The molecular weight excluding hydrogens is 336 g/mol. The number of hydrogen-bond donors (Lipinski definition) is 3. The molecule has 3 aliphatic rings. The smallest absolute Gasteiger partial charge is 0.120 e. The van der Waals surface area contributed by atoms with Gasteiger partial charge >= 0.3 is 0 Å². The van der Waals surface area contributed by atoms with E-state index in [9.17, 15) is 10.2 Å². The lowest BCUT2D eigenvalue weighted by Gasteiger charge is -2.50. The summed E-state index contributed by atoms with van der Waals surface area (Å²) in [5.41, 5.74) is 4.00. The predicted octanol–water partition coefficient (Wildman–Crippen LogP) is 3.26. The van der Waals surface area contributed by atoms with E-state index in [4.69, 9.17) is 0 Å². The minimum Gasteiger partial charge on any atom is -0.508 e. The van der Waals surface area contributed by atoms with Gasteiger partial charge in [0.2, 0.25) is 0 Å². The Balaban J connectivity index is 1.54. The Bertz CT molecular complexity index is 689. The van der Waals surface area contributed by atoms with Gasteiger partial charge in [-0.1, -0.05) is 13.0 Å². The number of rotatable bonds is 5. The summed E-state index contributed by atoms with van der Waals surface area (Å²) in [6.45, 7) is 4.98. The molecule has 0 amide bonds. The molecule has 0 heterocycles. The molecule has 4 rings (SSSR count). The molecule has 3 aliphatic carbocycles. The van der Waals surface area contributed by atoms with Crippen LogP contribution in [0.3, 0.4) is 0 Å². The van der Waals surface area contributed by atoms with Gasteiger partial charge in [0.1, 0.15) is 5.75 Å². The summed E-state index contributed by atoms with van der Waals surface area (Å²) in [6.07, 6.45) is 6.66. The minimum absolute atomic E-state index is 0.110. The van der Waals surface area contributed by atoms with E-state index in [0.717, 1.165) is 44.5 Å². The van der Waals surface area contributed by atoms with Crippen LogP contribution in [0, 0.1) is 17.3 Å². The van der Waals surface area contributed by atoms with E-state index in [-0.39, 0.29) is 11.5 Å². The van der Waals surface area contributed by atoms with Crippen molar-refractivity contribution >= 4 is 0 Å². The highest BCUT2D eigenvalue weighted by atomic mass is 16.3. The van der Waals surface area contributed by atoms with Gasteiger partial charge in [0.25, 0.3) is 0 Å². The molecule has 2 saturated carbocycles. The van der Waals surface area contributed by atoms with Crippen LogP contribution in [-0.2, 0) is 13.0 Å². The molecule has 5 atom stereocenters. The number of aliphatic hydroxyl groups is 1. The van der Waals surface area contributed by atoms with Crippen molar-refractivity contribution in [3.05, 3.63) is 28.8 Å². The molecule has 150 valence electrons. The molecular formula is C23H36N2O2. The van der Waals surface area contributed by atoms with Crippen LogP contribution < -0.4 is 5.32 Å². The van der Waals surface area contributed by atoms with E-state index in [2.05, 4.69) is 37.3 Å². The number of phenols is 1. The maximum atomic E-state index is 10.6. The zero-order valence-corrected chi connectivity index (χ0v) is 17.2. The fourth-order valence-electron chi connectivity index (χ4n) is 6.30. The number of aryl methyl sites for hydroxylation is 1. The highest BCUT2D eigenvalue weighted by Crippen LogP contribution is 2.61. The number of fused-ring (bicyclic) bond motifs is 5. The number of hydrogen-bond acceptors (Lipinski definition) is 4. The lowest BCUT2D eigenvalue weighted by atomic mass is 9.55. The standard InChI is InChI=1S/C23H36N2O2/c1-23-9-8-17-18(20(23)6-7-22(23)27)5-4-15-13-21(26)16(12-19(15)17)14-24-10-11-25(2)3/h12-13,17-18,20,22,24,26-27H,4-11,14H2,1-3H3/t17-,18+,20-,22-,23-/m0/s1. The number of nitrogens with one attached hydrogen (secondary N) is 1. The average Bonchev–Trinajstić information content (AvgIpc) is 2.94. The Morgan fingerprint density at radius 2 is 2.00 bits per heavy atom. The maximum Gasteiger partial charge on any atom is 0.120 e. The van der Waals surface area contributed by atoms with Gasteiger partial charge in [0.15, 0.2) is 0 Å². The van der Waals surface area contributed by atoms with E-state index >= 15 is 0 Å². The highest BCUT2D eigenvalue weighted by Gasteiger charge is 2.54. The first kappa shape index (κ1) is 19.2. The average molecular weight is 373 g/mol. The first-order chi connectivity index (χ1) is 12.9. The van der Waals surface area contributed by atoms with Crippen LogP contribution in [0.25, 0.3) is 0 Å². The van der Waals surface area contributed by atoms with Crippen LogP contribution in [0.4, 0.5) is 0 Å². The molecule has 0 unspecified atom stereocenters. The molecule has 1 aromatic rings. The summed E-state index contributed by atoms with van der Waals surface area (Å²) in [5.74, 6) is 2.42. The van der Waals surface area contributed by atoms with Crippen molar-refractivity contribution in [2.75, 3.05) is 27.2 Å². The number of aromatic hydroxyl groups is 1. The van der Waals surface area contributed by atoms with Crippen molar-refractivity contribution in [3.63, 3.8) is 0 Å². The molecule has 4 heteroatoms. The monoisotopic (exact) mass is 372 g/mol. The Morgan fingerprint density at radius 1 is 1.19 bits per heavy atom. The van der Waals surface area contributed by atoms with Gasteiger partial charge in [-0.2, -0.15) is 0 Å².